The van der Waals surface area contributed by atoms with Gasteiger partial charge >= 0.3 is 0 Å². The standard InChI is InChI=1S/C15H12ClFN2/c16-13-7-10(1-3-14(13)17)9-19-6-5-11-8-12(18)2-4-15(11)19/h1-8H,9,18H2. The monoisotopic (exact) mass is 274 g/mol. The minimum Gasteiger partial charge on any atom is -0.399 e. The van der Waals surface area contributed by atoms with Crippen LogP contribution in [0.4, 0.5) is 10.1 Å². The van der Waals surface area contributed by atoms with E-state index < -0.39 is 5.82 Å². The molecule has 0 saturated carbocycles. The Hall–Kier alpha value is -2.00. The van der Waals surface area contributed by atoms with Gasteiger partial charge in [0.05, 0.1) is 5.02 Å². The molecule has 4 heteroatoms. The molecule has 0 atom stereocenters. The van der Waals surface area contributed by atoms with Gasteiger partial charge < -0.3 is 10.3 Å². The molecule has 0 fully saturated rings. The van der Waals surface area contributed by atoms with Gasteiger partial charge in [0.2, 0.25) is 0 Å². The maximum atomic E-state index is 13.1. The van der Waals surface area contributed by atoms with Gasteiger partial charge in [0, 0.05) is 29.3 Å². The summed E-state index contributed by atoms with van der Waals surface area (Å²) >= 11 is 5.79. The van der Waals surface area contributed by atoms with Crippen molar-refractivity contribution in [1.29, 1.82) is 0 Å². The molecule has 96 valence electrons. The molecule has 1 heterocycles. The average molecular weight is 275 g/mol. The van der Waals surface area contributed by atoms with Gasteiger partial charge in [-0.25, -0.2) is 4.39 Å². The second-order valence-corrected chi connectivity index (χ2v) is 4.92. The van der Waals surface area contributed by atoms with E-state index in [9.17, 15) is 4.39 Å². The molecule has 0 aliphatic rings. The first-order valence-electron chi connectivity index (χ1n) is 5.92. The number of rotatable bonds is 2. The molecule has 1 aromatic heterocycles. The fourth-order valence-corrected chi connectivity index (χ4v) is 2.39. The first-order valence-corrected chi connectivity index (χ1v) is 6.29. The number of nitrogen functional groups attached to an aromatic ring is 1. The van der Waals surface area contributed by atoms with Crippen LogP contribution in [0.15, 0.2) is 48.7 Å². The van der Waals surface area contributed by atoms with Gasteiger partial charge in [-0.15, -0.1) is 0 Å². The van der Waals surface area contributed by atoms with Gasteiger partial charge in [0.1, 0.15) is 5.82 Å². The van der Waals surface area contributed by atoms with Gasteiger partial charge in [0.25, 0.3) is 0 Å². The van der Waals surface area contributed by atoms with Crippen LogP contribution in [0.1, 0.15) is 5.56 Å². The molecule has 0 saturated heterocycles. The van der Waals surface area contributed by atoms with Crippen LogP contribution in [0.3, 0.4) is 0 Å². The zero-order valence-electron chi connectivity index (χ0n) is 10.1. The summed E-state index contributed by atoms with van der Waals surface area (Å²) < 4.78 is 15.2. The number of nitrogens with two attached hydrogens (primary N) is 1. The number of nitrogens with zero attached hydrogens (tertiary/aromatic N) is 1. The van der Waals surface area contributed by atoms with E-state index >= 15 is 0 Å². The topological polar surface area (TPSA) is 30.9 Å². The van der Waals surface area contributed by atoms with Gasteiger partial charge in [-0.05, 0) is 42.0 Å². The van der Waals surface area contributed by atoms with Crippen LogP contribution in [-0.2, 0) is 6.54 Å². The van der Waals surface area contributed by atoms with Crippen molar-refractivity contribution in [1.82, 2.24) is 4.57 Å². The molecular formula is C15H12ClFN2. The largest absolute Gasteiger partial charge is 0.399 e. The second-order valence-electron chi connectivity index (χ2n) is 4.51. The van der Waals surface area contributed by atoms with E-state index in [1.54, 1.807) is 12.1 Å². The molecule has 0 aliphatic carbocycles. The molecule has 2 nitrogen and oxygen atoms in total. The van der Waals surface area contributed by atoms with Crippen molar-refractivity contribution in [2.75, 3.05) is 5.73 Å². The number of benzene rings is 2. The van der Waals surface area contributed by atoms with Crippen molar-refractivity contribution in [3.63, 3.8) is 0 Å². The fourth-order valence-electron chi connectivity index (χ4n) is 2.19. The Kier molecular flexibility index (Phi) is 2.91. The van der Waals surface area contributed by atoms with Gasteiger partial charge in [-0.1, -0.05) is 17.7 Å². The number of halogens is 2. The van der Waals surface area contributed by atoms with E-state index in [0.29, 0.717) is 6.54 Å². The van der Waals surface area contributed by atoms with E-state index in [-0.39, 0.29) is 5.02 Å². The van der Waals surface area contributed by atoms with Crippen molar-refractivity contribution in [3.8, 4) is 0 Å². The molecule has 19 heavy (non-hydrogen) atoms. The molecule has 0 radical (unpaired) electrons. The molecule has 0 unspecified atom stereocenters. The zero-order chi connectivity index (χ0) is 13.4. The normalized spacial score (nSPS) is 11.1. The summed E-state index contributed by atoms with van der Waals surface area (Å²) in [5.41, 5.74) is 8.55. The minimum absolute atomic E-state index is 0.151. The Morgan fingerprint density at radius 1 is 1.11 bits per heavy atom. The lowest BCUT2D eigenvalue weighted by Crippen LogP contribution is -1.98. The Morgan fingerprint density at radius 3 is 2.74 bits per heavy atom. The summed E-state index contributed by atoms with van der Waals surface area (Å²) in [7, 11) is 0. The Balaban J connectivity index is 1.98. The Labute approximate surface area is 115 Å². The van der Waals surface area contributed by atoms with Crippen LogP contribution in [-0.4, -0.2) is 4.57 Å². The van der Waals surface area contributed by atoms with Crippen LogP contribution in [0.5, 0.6) is 0 Å². The molecule has 2 N–H and O–H groups in total. The van der Waals surface area contributed by atoms with Gasteiger partial charge in [-0.3, -0.25) is 0 Å². The highest BCUT2D eigenvalue weighted by molar-refractivity contribution is 6.30. The molecule has 2 aromatic carbocycles. The summed E-state index contributed by atoms with van der Waals surface area (Å²) in [6.45, 7) is 0.646. The lowest BCUT2D eigenvalue weighted by atomic mass is 10.2. The number of hydrogen-bond acceptors (Lipinski definition) is 1. The van der Waals surface area contributed by atoms with Crippen LogP contribution >= 0.6 is 11.6 Å². The molecule has 0 amide bonds. The number of aromatic nitrogens is 1. The SMILES string of the molecule is Nc1ccc2c(ccn2Cc2ccc(F)c(Cl)c2)c1. The van der Waals surface area contributed by atoms with E-state index in [1.807, 2.05) is 30.5 Å². The number of hydrogen-bond donors (Lipinski definition) is 1. The highest BCUT2D eigenvalue weighted by atomic mass is 35.5. The molecule has 3 rings (SSSR count). The lowest BCUT2D eigenvalue weighted by Gasteiger charge is -2.07. The van der Waals surface area contributed by atoms with Gasteiger partial charge in [-0.2, -0.15) is 0 Å². The molecular weight excluding hydrogens is 263 g/mol. The van der Waals surface area contributed by atoms with Crippen molar-refractivity contribution in [2.45, 2.75) is 6.54 Å². The van der Waals surface area contributed by atoms with Crippen LogP contribution in [0.2, 0.25) is 5.02 Å². The lowest BCUT2D eigenvalue weighted by molar-refractivity contribution is 0.627. The van der Waals surface area contributed by atoms with Crippen molar-refractivity contribution in [2.24, 2.45) is 0 Å². The van der Waals surface area contributed by atoms with E-state index in [2.05, 4.69) is 4.57 Å². The summed E-state index contributed by atoms with van der Waals surface area (Å²) in [4.78, 5) is 0. The third-order valence-corrected chi connectivity index (χ3v) is 3.42. The zero-order valence-corrected chi connectivity index (χ0v) is 10.9. The third-order valence-electron chi connectivity index (χ3n) is 3.13. The summed E-state index contributed by atoms with van der Waals surface area (Å²) in [6, 6.07) is 12.6. The highest BCUT2D eigenvalue weighted by Gasteiger charge is 2.04. The molecule has 0 spiro atoms. The third kappa shape index (κ3) is 2.29. The Morgan fingerprint density at radius 2 is 1.95 bits per heavy atom. The smallest absolute Gasteiger partial charge is 0.141 e. The molecule has 0 bridgehead atoms. The van der Waals surface area contributed by atoms with Crippen LogP contribution in [0, 0.1) is 5.82 Å². The van der Waals surface area contributed by atoms with E-state index in [1.165, 1.54) is 6.07 Å². The van der Waals surface area contributed by atoms with E-state index in [0.717, 1.165) is 22.2 Å². The molecule has 0 aliphatic heterocycles. The van der Waals surface area contributed by atoms with Crippen molar-refractivity contribution < 1.29 is 4.39 Å². The van der Waals surface area contributed by atoms with E-state index in [4.69, 9.17) is 17.3 Å². The summed E-state index contributed by atoms with van der Waals surface area (Å²) in [5.74, 6) is -0.393. The van der Waals surface area contributed by atoms with Crippen molar-refractivity contribution in [3.05, 3.63) is 65.1 Å². The van der Waals surface area contributed by atoms with Crippen LogP contribution in [0.25, 0.3) is 10.9 Å². The first kappa shape index (κ1) is 12.1. The average Bonchev–Trinajstić information content (AvgIpc) is 2.76. The maximum absolute atomic E-state index is 13.1. The predicted octanol–water partition coefficient (Wildman–Crippen LogP) is 4.06. The fraction of sp³-hybridized carbons (Fsp3) is 0.0667. The van der Waals surface area contributed by atoms with Crippen LogP contribution < -0.4 is 5.73 Å². The highest BCUT2D eigenvalue weighted by Crippen LogP contribution is 2.21. The van der Waals surface area contributed by atoms with Crippen molar-refractivity contribution >= 4 is 28.2 Å². The Bertz CT molecular complexity index is 749. The number of anilines is 1. The molecule has 3 aromatic rings. The maximum Gasteiger partial charge on any atom is 0.141 e. The summed E-state index contributed by atoms with van der Waals surface area (Å²) in [5, 5.41) is 1.24. The number of fused-ring (bicyclic) bond motifs is 1. The predicted molar refractivity (Wildman–Crippen MR) is 76.9 cm³/mol. The quantitative estimate of drug-likeness (QED) is 0.702. The van der Waals surface area contributed by atoms with Gasteiger partial charge in [0.15, 0.2) is 0 Å². The second kappa shape index (κ2) is 4.59. The minimum atomic E-state index is -0.393. The summed E-state index contributed by atoms with van der Waals surface area (Å²) in [6.07, 6.45) is 1.99. The first-order chi connectivity index (χ1) is 9.13.